The summed E-state index contributed by atoms with van der Waals surface area (Å²) in [4.78, 5) is 2.34. The number of rotatable bonds is 16. The Hall–Kier alpha value is -5.57. The molecule has 21 heteroatoms. The summed E-state index contributed by atoms with van der Waals surface area (Å²) >= 11 is 0. The Morgan fingerprint density at radius 1 is 0.395 bits per heavy atom. The number of hydrogen-bond acceptors (Lipinski definition) is 14. The Morgan fingerprint density at radius 2 is 0.679 bits per heavy atom. The molecule has 0 spiro atoms. The van der Waals surface area contributed by atoms with Gasteiger partial charge in [0, 0.05) is 61.9 Å². The molecule has 0 heterocycles. The molecule has 0 amide bonds. The van der Waals surface area contributed by atoms with Gasteiger partial charge in [0.2, 0.25) is 0 Å². The molecule has 0 aliphatic heterocycles. The van der Waals surface area contributed by atoms with Gasteiger partial charge in [-0.1, -0.05) is 36.4 Å². The van der Waals surface area contributed by atoms with Crippen molar-refractivity contribution in [2.24, 2.45) is 0 Å². The van der Waals surface area contributed by atoms with Crippen LogP contribution in [0.1, 0.15) is 63.8 Å². The van der Waals surface area contributed by atoms with Crippen LogP contribution < -0.4 is 9.80 Å². The number of fused-ring (bicyclic) bond motifs is 2. The maximum Gasteiger partial charge on any atom is 2.00 e. The average Bonchev–Trinajstić information content (AvgIpc) is 3.47. The van der Waals surface area contributed by atoms with E-state index in [-0.39, 0.29) is 59.7 Å². The molecule has 0 aromatic heterocycles. The zero-order valence-electron chi connectivity index (χ0n) is 46.3. The predicted molar refractivity (Wildman–Crippen MR) is 318 cm³/mol. The molecule has 0 bridgehead atoms. The summed E-state index contributed by atoms with van der Waals surface area (Å²) < 4.78 is 148. The van der Waals surface area contributed by atoms with Gasteiger partial charge in [-0.3, -0.25) is 0 Å². The van der Waals surface area contributed by atoms with Crippen LogP contribution in [0, 0.1) is 0 Å². The fourth-order valence-electron chi connectivity index (χ4n) is 9.60. The second-order valence-corrected chi connectivity index (χ2v) is 24.4. The van der Waals surface area contributed by atoms with E-state index in [0.29, 0.717) is 33.0 Å². The monoisotopic (exact) mass is 1300 g/mol. The molecule has 0 saturated heterocycles. The zero-order valence-corrected chi connectivity index (χ0v) is 54.0. The minimum Gasteiger partial charge on any atom is -0.744 e. The molecule has 6 aromatic rings. The van der Waals surface area contributed by atoms with Crippen LogP contribution in [0.2, 0.25) is 0 Å². The third-order valence-corrected chi connectivity index (χ3v) is 17.5. The quantitative estimate of drug-likeness (QED) is 0.0500. The summed E-state index contributed by atoms with van der Waals surface area (Å²) in [5.41, 5.74) is 9.29. The largest absolute Gasteiger partial charge is 2.00 e. The van der Waals surface area contributed by atoms with E-state index < -0.39 is 60.1 Å². The molecule has 8 rings (SSSR count). The van der Waals surface area contributed by atoms with Crippen LogP contribution in [0.15, 0.2) is 189 Å². The van der Waals surface area contributed by atoms with Crippen molar-refractivity contribution in [3.05, 3.63) is 191 Å². The molecular weight excluding hydrogens is 1230 g/mol. The van der Waals surface area contributed by atoms with Crippen molar-refractivity contribution < 1.29 is 61.0 Å². The molecular formula is C60H62BaN4O12S4. The molecule has 0 unspecified atom stereocenters. The summed E-state index contributed by atoms with van der Waals surface area (Å²) in [5, 5.41) is 1.31. The molecule has 6 aromatic carbocycles. The maximum absolute atomic E-state index is 12.2. The van der Waals surface area contributed by atoms with Crippen molar-refractivity contribution in [2.75, 3.05) is 63.2 Å². The van der Waals surface area contributed by atoms with E-state index in [0.717, 1.165) is 109 Å². The standard InChI is InChI=1S/2C30H32N2O6S2.Ba/c2*1-5-31(4)24-12-8-21(9-13-24)30(22-10-14-25(15-11-22)32(6-2)7-3)29-20-27(40(36,37)38)19-23-18-26(39(33,34)35)16-17-28(23)29;/h2*8-20H,5-7H2,1-4H3,(H-,33,34,35,36,37,38);/q;;+2/p-2. The van der Waals surface area contributed by atoms with Crippen LogP contribution in [0.25, 0.3) is 32.7 Å². The van der Waals surface area contributed by atoms with Gasteiger partial charge in [-0.25, -0.2) is 42.8 Å². The molecule has 0 radical (unpaired) electrons. The SMILES string of the molecule is CCN(CC)c1ccc(C(=C2C=CC(=[N+](C)CC)C=C2)c2cc(S(=O)(=O)[O-])cc3cc(S(=O)(=O)[O-])ccc23)cc1.CCN(CC)c1ccc(C(=C2C=CC(=[N+](C)CC)C=C2)c2cc(S(=O)(=O)[O-])cc3cc(S(=O)(=O)[O-])ccc23)cc1.[Ba+2]. The number of hydrogen-bond donors (Lipinski definition) is 0. The Labute approximate surface area is 516 Å². The normalized spacial score (nSPS) is 13.5. The summed E-state index contributed by atoms with van der Waals surface area (Å²) in [5.74, 6) is 0. The maximum atomic E-state index is 12.2. The molecule has 81 heavy (non-hydrogen) atoms. The smallest absolute Gasteiger partial charge is 0.744 e. The minimum absolute atomic E-state index is 0. The van der Waals surface area contributed by atoms with Crippen molar-refractivity contribution >= 4 is 145 Å². The van der Waals surface area contributed by atoms with Crippen LogP contribution >= 0.6 is 0 Å². The number of anilines is 2. The minimum atomic E-state index is -4.91. The molecule has 420 valence electrons. The topological polar surface area (TPSA) is 241 Å². The Bertz CT molecular complexity index is 3820. The number of nitrogens with zero attached hydrogens (tertiary/aromatic N) is 4. The van der Waals surface area contributed by atoms with Gasteiger partial charge in [0.05, 0.1) is 19.6 Å². The van der Waals surface area contributed by atoms with Gasteiger partial charge < -0.3 is 28.0 Å². The summed E-state index contributed by atoms with van der Waals surface area (Å²) in [6.45, 7) is 17.3. The van der Waals surface area contributed by atoms with E-state index in [4.69, 9.17) is 0 Å². The van der Waals surface area contributed by atoms with Crippen LogP contribution in [-0.2, 0) is 40.5 Å². The van der Waals surface area contributed by atoms with Crippen molar-refractivity contribution in [3.8, 4) is 0 Å². The van der Waals surface area contributed by atoms with Crippen molar-refractivity contribution in [3.63, 3.8) is 0 Å². The fourth-order valence-corrected chi connectivity index (χ4v) is 11.7. The van der Waals surface area contributed by atoms with Crippen LogP contribution in [-0.4, -0.2) is 175 Å². The van der Waals surface area contributed by atoms with E-state index in [1.54, 1.807) is 0 Å². The third-order valence-electron chi connectivity index (χ3n) is 14.2. The van der Waals surface area contributed by atoms with Crippen LogP contribution in [0.3, 0.4) is 0 Å². The Kier molecular flexibility index (Phi) is 21.4. The van der Waals surface area contributed by atoms with Crippen molar-refractivity contribution in [1.82, 2.24) is 0 Å². The fraction of sp³-hybridized carbons (Fsp3) is 0.233. The first-order valence-electron chi connectivity index (χ1n) is 25.8. The molecule has 0 saturated carbocycles. The summed E-state index contributed by atoms with van der Waals surface area (Å²) in [7, 11) is -15.5. The first kappa shape index (κ1) is 64.6. The molecule has 2 aliphatic rings. The first-order valence-corrected chi connectivity index (χ1v) is 31.4. The van der Waals surface area contributed by atoms with Gasteiger partial charge in [0.15, 0.2) is 11.4 Å². The Balaban J connectivity index is 0.000000258. The van der Waals surface area contributed by atoms with Gasteiger partial charge in [-0.05, 0) is 205 Å². The molecule has 16 nitrogen and oxygen atoms in total. The van der Waals surface area contributed by atoms with Gasteiger partial charge >= 0.3 is 48.9 Å². The summed E-state index contributed by atoms with van der Waals surface area (Å²) in [6, 6.07) is 28.1. The van der Waals surface area contributed by atoms with E-state index in [1.165, 1.54) is 36.4 Å². The third kappa shape index (κ3) is 15.2. The summed E-state index contributed by atoms with van der Waals surface area (Å²) in [6.07, 6.45) is 15.5. The van der Waals surface area contributed by atoms with E-state index >= 15 is 0 Å². The molecule has 0 fully saturated rings. The van der Waals surface area contributed by atoms with Gasteiger partial charge in [0.25, 0.3) is 0 Å². The molecule has 0 atom stereocenters. The first-order chi connectivity index (χ1) is 37.7. The van der Waals surface area contributed by atoms with Gasteiger partial charge in [0.1, 0.15) is 67.7 Å². The Morgan fingerprint density at radius 3 is 0.938 bits per heavy atom. The number of benzene rings is 6. The van der Waals surface area contributed by atoms with Crippen molar-refractivity contribution in [1.29, 1.82) is 0 Å². The van der Waals surface area contributed by atoms with E-state index in [2.05, 4.69) is 46.6 Å². The van der Waals surface area contributed by atoms with Crippen LogP contribution in [0.4, 0.5) is 11.4 Å². The average molecular weight is 1300 g/mol. The van der Waals surface area contributed by atoms with E-state index in [9.17, 15) is 51.9 Å². The van der Waals surface area contributed by atoms with E-state index in [1.807, 2.05) is 125 Å². The van der Waals surface area contributed by atoms with Gasteiger partial charge in [-0.15, -0.1) is 0 Å². The second-order valence-electron chi connectivity index (χ2n) is 18.8. The van der Waals surface area contributed by atoms with Crippen molar-refractivity contribution in [2.45, 2.75) is 61.1 Å². The van der Waals surface area contributed by atoms with Crippen LogP contribution in [0.5, 0.6) is 0 Å². The molecule has 2 aliphatic carbocycles. The zero-order chi connectivity index (χ0) is 58.5. The van der Waals surface area contributed by atoms with Gasteiger partial charge in [-0.2, -0.15) is 0 Å². The second kappa shape index (κ2) is 26.8. The molecule has 0 N–H and O–H groups in total. The predicted octanol–water partition coefficient (Wildman–Crippen LogP) is 8.67. The number of allylic oxidation sites excluding steroid dienone is 10.